The van der Waals surface area contributed by atoms with E-state index < -0.39 is 4.92 Å². The summed E-state index contributed by atoms with van der Waals surface area (Å²) in [6.45, 7) is 6.51. The maximum absolute atomic E-state index is 11.2. The first-order chi connectivity index (χ1) is 10.1. The van der Waals surface area contributed by atoms with E-state index in [2.05, 4.69) is 20.4 Å². The van der Waals surface area contributed by atoms with Crippen LogP contribution in [0.2, 0.25) is 0 Å². The Hall–Kier alpha value is -2.51. The summed E-state index contributed by atoms with van der Waals surface area (Å²) >= 11 is 0. The fourth-order valence-electron chi connectivity index (χ4n) is 1.98. The van der Waals surface area contributed by atoms with Crippen molar-refractivity contribution in [3.05, 3.63) is 33.8 Å². The standard InChI is InChI=1S/C13H18N6O2/c1-4-9-7-10(5-2)18(17-9)12-11(19(20)21)8-15-13(16-12)14-6-3/h7-8H,4-6H2,1-3H3,(H,14,15,16). The number of aromatic nitrogens is 4. The normalized spacial score (nSPS) is 10.6. The monoisotopic (exact) mass is 290 g/mol. The first-order valence-corrected chi connectivity index (χ1v) is 6.94. The summed E-state index contributed by atoms with van der Waals surface area (Å²) in [5.41, 5.74) is 1.61. The minimum atomic E-state index is -0.488. The highest BCUT2D eigenvalue weighted by molar-refractivity contribution is 5.49. The molecule has 8 heteroatoms. The van der Waals surface area contributed by atoms with Crippen molar-refractivity contribution in [3.63, 3.8) is 0 Å². The van der Waals surface area contributed by atoms with Gasteiger partial charge in [0.1, 0.15) is 6.20 Å². The van der Waals surface area contributed by atoms with E-state index in [9.17, 15) is 10.1 Å². The summed E-state index contributed by atoms with van der Waals surface area (Å²) in [4.78, 5) is 18.9. The number of hydrogen-bond donors (Lipinski definition) is 1. The molecule has 0 fully saturated rings. The molecule has 2 aromatic rings. The molecule has 8 nitrogen and oxygen atoms in total. The average molecular weight is 290 g/mol. The van der Waals surface area contributed by atoms with E-state index in [0.29, 0.717) is 18.9 Å². The second kappa shape index (κ2) is 6.29. The number of nitro groups is 1. The summed E-state index contributed by atoms with van der Waals surface area (Å²) in [5.74, 6) is 0.552. The lowest BCUT2D eigenvalue weighted by molar-refractivity contribution is -0.385. The second-order valence-corrected chi connectivity index (χ2v) is 4.44. The van der Waals surface area contributed by atoms with Crippen LogP contribution in [0.4, 0.5) is 11.6 Å². The zero-order chi connectivity index (χ0) is 15.4. The molecule has 0 unspecified atom stereocenters. The molecule has 0 radical (unpaired) electrons. The lowest BCUT2D eigenvalue weighted by atomic mass is 10.2. The first kappa shape index (κ1) is 14.9. The smallest absolute Gasteiger partial charge is 0.332 e. The molecular weight excluding hydrogens is 272 g/mol. The van der Waals surface area contributed by atoms with Crippen LogP contribution in [0.1, 0.15) is 32.2 Å². The molecule has 2 heterocycles. The van der Waals surface area contributed by atoms with Gasteiger partial charge in [0, 0.05) is 12.2 Å². The van der Waals surface area contributed by atoms with Crippen LogP contribution in [-0.4, -0.2) is 31.2 Å². The van der Waals surface area contributed by atoms with Crippen molar-refractivity contribution in [2.75, 3.05) is 11.9 Å². The molecule has 1 N–H and O–H groups in total. The van der Waals surface area contributed by atoms with Crippen LogP contribution in [0.15, 0.2) is 12.3 Å². The van der Waals surface area contributed by atoms with Crippen LogP contribution < -0.4 is 5.32 Å². The quantitative estimate of drug-likeness (QED) is 0.646. The van der Waals surface area contributed by atoms with Crippen LogP contribution >= 0.6 is 0 Å². The van der Waals surface area contributed by atoms with Gasteiger partial charge in [0.15, 0.2) is 0 Å². The van der Waals surface area contributed by atoms with Gasteiger partial charge in [0.2, 0.25) is 11.8 Å². The molecule has 0 aliphatic rings. The maximum Gasteiger partial charge on any atom is 0.332 e. The maximum atomic E-state index is 11.2. The van der Waals surface area contributed by atoms with Crippen LogP contribution in [0.5, 0.6) is 0 Å². The van der Waals surface area contributed by atoms with Gasteiger partial charge < -0.3 is 5.32 Å². The van der Waals surface area contributed by atoms with E-state index in [-0.39, 0.29) is 11.5 Å². The van der Waals surface area contributed by atoms with E-state index in [1.165, 1.54) is 6.20 Å². The van der Waals surface area contributed by atoms with Crippen molar-refractivity contribution in [3.8, 4) is 5.82 Å². The number of anilines is 1. The van der Waals surface area contributed by atoms with Crippen molar-refractivity contribution >= 4 is 11.6 Å². The third kappa shape index (κ3) is 2.99. The highest BCUT2D eigenvalue weighted by Crippen LogP contribution is 2.23. The minimum absolute atomic E-state index is 0.155. The molecule has 0 saturated heterocycles. The lowest BCUT2D eigenvalue weighted by Crippen LogP contribution is -2.11. The molecule has 0 spiro atoms. The summed E-state index contributed by atoms with van der Waals surface area (Å²) in [6, 6.07) is 1.94. The topological polar surface area (TPSA) is 98.8 Å². The van der Waals surface area contributed by atoms with Gasteiger partial charge in [-0.05, 0) is 25.8 Å². The van der Waals surface area contributed by atoms with Gasteiger partial charge in [-0.3, -0.25) is 10.1 Å². The zero-order valence-corrected chi connectivity index (χ0v) is 12.3. The molecule has 0 aliphatic carbocycles. The van der Waals surface area contributed by atoms with Gasteiger partial charge in [-0.15, -0.1) is 0 Å². The summed E-state index contributed by atoms with van der Waals surface area (Å²) in [5, 5.41) is 18.6. The Morgan fingerprint density at radius 1 is 1.33 bits per heavy atom. The molecule has 0 saturated carbocycles. The fraction of sp³-hybridized carbons (Fsp3) is 0.462. The molecule has 0 aliphatic heterocycles. The Balaban J connectivity index is 2.61. The van der Waals surface area contributed by atoms with Crippen LogP contribution in [0, 0.1) is 10.1 Å². The molecule has 0 aromatic carbocycles. The van der Waals surface area contributed by atoms with Crippen molar-refractivity contribution < 1.29 is 4.92 Å². The molecule has 21 heavy (non-hydrogen) atoms. The highest BCUT2D eigenvalue weighted by atomic mass is 16.6. The van der Waals surface area contributed by atoms with E-state index >= 15 is 0 Å². The molecule has 2 rings (SSSR count). The number of hydrogen-bond acceptors (Lipinski definition) is 6. The Morgan fingerprint density at radius 2 is 2.10 bits per heavy atom. The molecule has 0 atom stereocenters. The summed E-state index contributed by atoms with van der Waals surface area (Å²) in [7, 11) is 0. The number of nitrogens with one attached hydrogen (secondary N) is 1. The fourth-order valence-corrected chi connectivity index (χ4v) is 1.98. The predicted octanol–water partition coefficient (Wildman–Crippen LogP) is 2.13. The van der Waals surface area contributed by atoms with E-state index in [1.807, 2.05) is 26.8 Å². The summed E-state index contributed by atoms with van der Waals surface area (Å²) < 4.78 is 1.54. The van der Waals surface area contributed by atoms with Gasteiger partial charge in [0.05, 0.1) is 10.6 Å². The Labute approximate surface area is 122 Å². The van der Waals surface area contributed by atoms with Crippen molar-refractivity contribution in [2.45, 2.75) is 33.6 Å². The van der Waals surface area contributed by atoms with Gasteiger partial charge >= 0.3 is 5.69 Å². The van der Waals surface area contributed by atoms with Gasteiger partial charge in [-0.1, -0.05) is 13.8 Å². The van der Waals surface area contributed by atoms with E-state index in [4.69, 9.17) is 0 Å². The molecule has 0 amide bonds. The highest BCUT2D eigenvalue weighted by Gasteiger charge is 2.22. The van der Waals surface area contributed by atoms with Crippen LogP contribution in [0.25, 0.3) is 5.82 Å². The van der Waals surface area contributed by atoms with E-state index in [0.717, 1.165) is 17.8 Å². The lowest BCUT2D eigenvalue weighted by Gasteiger charge is -2.07. The molecule has 112 valence electrons. The number of nitrogens with zero attached hydrogens (tertiary/aromatic N) is 5. The van der Waals surface area contributed by atoms with Crippen LogP contribution in [-0.2, 0) is 12.8 Å². The Kier molecular flexibility index (Phi) is 4.46. The third-order valence-electron chi connectivity index (χ3n) is 3.04. The number of aryl methyl sites for hydroxylation is 2. The Bertz CT molecular complexity index is 652. The predicted molar refractivity (Wildman–Crippen MR) is 78.7 cm³/mol. The number of rotatable bonds is 6. The molecular formula is C13H18N6O2. The zero-order valence-electron chi connectivity index (χ0n) is 12.3. The summed E-state index contributed by atoms with van der Waals surface area (Å²) in [6.07, 6.45) is 2.69. The van der Waals surface area contributed by atoms with Crippen molar-refractivity contribution in [1.29, 1.82) is 0 Å². The SMILES string of the molecule is CCNc1ncc([N+](=O)[O-])c(-n2nc(CC)cc2CC)n1. The van der Waals surface area contributed by atoms with Crippen molar-refractivity contribution in [1.82, 2.24) is 19.7 Å². The molecule has 0 bridgehead atoms. The van der Waals surface area contributed by atoms with E-state index in [1.54, 1.807) is 4.68 Å². The third-order valence-corrected chi connectivity index (χ3v) is 3.04. The van der Waals surface area contributed by atoms with Gasteiger partial charge in [0.25, 0.3) is 0 Å². The van der Waals surface area contributed by atoms with Crippen molar-refractivity contribution in [2.24, 2.45) is 0 Å². The Morgan fingerprint density at radius 3 is 2.67 bits per heavy atom. The van der Waals surface area contributed by atoms with Gasteiger partial charge in [-0.25, -0.2) is 9.67 Å². The molecule has 2 aromatic heterocycles. The van der Waals surface area contributed by atoms with Crippen LogP contribution in [0.3, 0.4) is 0 Å². The average Bonchev–Trinajstić information content (AvgIpc) is 2.90. The first-order valence-electron chi connectivity index (χ1n) is 6.94. The van der Waals surface area contributed by atoms with Gasteiger partial charge in [-0.2, -0.15) is 10.1 Å². The second-order valence-electron chi connectivity index (χ2n) is 4.44. The largest absolute Gasteiger partial charge is 0.354 e. The minimum Gasteiger partial charge on any atom is -0.354 e.